The van der Waals surface area contributed by atoms with Crippen LogP contribution in [0.1, 0.15) is 5.82 Å². The number of imidazole rings is 1. The van der Waals surface area contributed by atoms with Gasteiger partial charge < -0.3 is 14.8 Å². The number of aromatic amines is 1. The van der Waals surface area contributed by atoms with Crippen molar-refractivity contribution in [3.8, 4) is 0 Å². The van der Waals surface area contributed by atoms with Crippen molar-refractivity contribution in [1.29, 1.82) is 0 Å². The second-order valence-corrected chi connectivity index (χ2v) is 6.39. The average Bonchev–Trinajstić information content (AvgIpc) is 3.04. The number of nitrogens with zero attached hydrogens (tertiary/aromatic N) is 1. The first-order valence-corrected chi connectivity index (χ1v) is 8.62. The number of thioether (sulfide) groups is 1. The Morgan fingerprint density at radius 2 is 1.89 bits per heavy atom. The molecule has 0 saturated carbocycles. The van der Waals surface area contributed by atoms with E-state index in [-0.39, 0.29) is 17.2 Å². The molecule has 0 bridgehead atoms. The molecule has 0 spiro atoms. The summed E-state index contributed by atoms with van der Waals surface area (Å²) in [5.41, 5.74) is 0.930. The first kappa shape index (κ1) is 18.8. The molecule has 1 aromatic heterocycles. The number of aliphatic hydroxyl groups is 1. The number of benzene rings is 2. The summed E-state index contributed by atoms with van der Waals surface area (Å²) in [5, 5.41) is 10.4. The number of carbonyl (C=O) groups excluding carboxylic acids is 1. The largest absolute Gasteiger partial charge is 0.510 e. The molecular weight excluding hydrogens is 381 g/mol. The molecule has 9 heteroatoms. The Kier molecular flexibility index (Phi) is 5.41. The summed E-state index contributed by atoms with van der Waals surface area (Å²) < 4.78 is 45.1. The quantitative estimate of drug-likeness (QED) is 0.293. The number of aliphatic hydroxyl groups excluding tert-OH is 1. The topological polar surface area (TPSA) is 75.2 Å². The lowest BCUT2D eigenvalue weighted by Crippen LogP contribution is -2.10. The van der Waals surface area contributed by atoms with Gasteiger partial charge in [-0.15, -0.1) is 11.8 Å². The van der Waals surface area contributed by atoms with Gasteiger partial charge in [-0.1, -0.05) is 12.1 Å². The Labute approximate surface area is 155 Å². The van der Waals surface area contributed by atoms with Gasteiger partial charge in [-0.25, -0.2) is 22.9 Å². The Bertz CT molecular complexity index is 993. The number of halogens is 3. The summed E-state index contributed by atoms with van der Waals surface area (Å²) in [7, 11) is 1.13. The Balaban J connectivity index is 1.96. The maximum absolute atomic E-state index is 13.7. The molecule has 1 heterocycles. The predicted molar refractivity (Wildman–Crippen MR) is 94.7 cm³/mol. The third kappa shape index (κ3) is 3.92. The lowest BCUT2D eigenvalue weighted by atomic mass is 10.2. The van der Waals surface area contributed by atoms with Crippen LogP contribution < -0.4 is 0 Å². The van der Waals surface area contributed by atoms with Gasteiger partial charge in [0.15, 0.2) is 0 Å². The lowest BCUT2D eigenvalue weighted by molar-refractivity contribution is -0.133. The van der Waals surface area contributed by atoms with Crippen LogP contribution in [0, 0.1) is 17.5 Å². The number of esters is 1. The molecule has 3 rings (SSSR count). The van der Waals surface area contributed by atoms with Crippen LogP contribution in [0.2, 0.25) is 0 Å². The number of para-hydroxylation sites is 2. The molecule has 0 radical (unpaired) electrons. The van der Waals surface area contributed by atoms with Crippen LogP contribution in [0.3, 0.4) is 0 Å². The number of ether oxygens (including phenoxy) is 1. The molecule has 0 amide bonds. The summed E-state index contributed by atoms with van der Waals surface area (Å²) in [6.07, 6.45) is 0. The fourth-order valence-corrected chi connectivity index (χ4v) is 3.22. The minimum atomic E-state index is -1.10. The number of hydrogen-bond donors (Lipinski definition) is 2. The SMILES string of the molecule is COC(=O)/C(=C(\O)CSc1c(F)cc(F)cc1F)c1nc2ccccc2[nH]1. The molecule has 0 aliphatic carbocycles. The van der Waals surface area contributed by atoms with E-state index in [2.05, 4.69) is 14.7 Å². The summed E-state index contributed by atoms with van der Waals surface area (Å²) in [6, 6.07) is 8.03. The van der Waals surface area contributed by atoms with E-state index >= 15 is 0 Å². The third-order valence-electron chi connectivity index (χ3n) is 3.62. The number of carbonyl (C=O) groups is 1. The number of fused-ring (bicyclic) bond motifs is 1. The molecule has 0 unspecified atom stereocenters. The van der Waals surface area contributed by atoms with Gasteiger partial charge in [0.2, 0.25) is 0 Å². The molecule has 0 fully saturated rings. The predicted octanol–water partition coefficient (Wildman–Crippen LogP) is 4.21. The minimum absolute atomic E-state index is 0.0567. The smallest absolute Gasteiger partial charge is 0.345 e. The van der Waals surface area contributed by atoms with Crippen molar-refractivity contribution in [2.75, 3.05) is 12.9 Å². The lowest BCUT2D eigenvalue weighted by Gasteiger charge is -2.08. The van der Waals surface area contributed by atoms with Crippen molar-refractivity contribution in [3.63, 3.8) is 0 Å². The number of rotatable bonds is 5. The van der Waals surface area contributed by atoms with Gasteiger partial charge in [0.25, 0.3) is 0 Å². The zero-order valence-electron chi connectivity index (χ0n) is 13.9. The first-order chi connectivity index (χ1) is 12.9. The maximum Gasteiger partial charge on any atom is 0.345 e. The highest BCUT2D eigenvalue weighted by Gasteiger charge is 2.23. The van der Waals surface area contributed by atoms with Gasteiger partial charge in [0.1, 0.15) is 34.6 Å². The van der Waals surface area contributed by atoms with Gasteiger partial charge in [-0.3, -0.25) is 0 Å². The molecule has 2 N–H and O–H groups in total. The van der Waals surface area contributed by atoms with Crippen LogP contribution in [0.15, 0.2) is 47.1 Å². The van der Waals surface area contributed by atoms with Crippen molar-refractivity contribution < 1.29 is 27.8 Å². The van der Waals surface area contributed by atoms with E-state index in [4.69, 9.17) is 0 Å². The Hall–Kier alpha value is -2.94. The number of aromatic nitrogens is 2. The molecule has 27 heavy (non-hydrogen) atoms. The van der Waals surface area contributed by atoms with E-state index in [0.29, 0.717) is 34.9 Å². The van der Waals surface area contributed by atoms with Crippen molar-refractivity contribution in [2.24, 2.45) is 0 Å². The molecule has 140 valence electrons. The number of methoxy groups -OCH3 is 1. The standard InChI is InChI=1S/C18H13F3N2O3S/c1-26-18(25)15(17-22-12-4-2-3-5-13(12)23-17)14(24)8-27-16-10(20)6-9(19)7-11(16)21/h2-7,24H,8H2,1H3,(H,22,23)/b15-14-. The minimum Gasteiger partial charge on any atom is -0.510 e. The summed E-state index contributed by atoms with van der Waals surface area (Å²) in [6.45, 7) is 0. The summed E-state index contributed by atoms with van der Waals surface area (Å²) >= 11 is 0.574. The average molecular weight is 394 g/mol. The normalized spacial score (nSPS) is 12.1. The summed E-state index contributed by atoms with van der Waals surface area (Å²) in [5.74, 6) is -4.92. The molecule has 0 aliphatic heterocycles. The second kappa shape index (κ2) is 7.75. The number of H-pyrrole nitrogens is 1. The van der Waals surface area contributed by atoms with E-state index in [9.17, 15) is 23.1 Å². The highest BCUT2D eigenvalue weighted by atomic mass is 32.2. The molecular formula is C18H13F3N2O3S. The first-order valence-electron chi connectivity index (χ1n) is 7.63. The van der Waals surface area contributed by atoms with Crippen LogP contribution in [-0.4, -0.2) is 33.9 Å². The summed E-state index contributed by atoms with van der Waals surface area (Å²) in [4.78, 5) is 18.7. The number of nitrogens with one attached hydrogen (secondary N) is 1. The van der Waals surface area contributed by atoms with Gasteiger partial charge in [0, 0.05) is 12.1 Å². The molecule has 0 aliphatic rings. The third-order valence-corrected chi connectivity index (χ3v) is 4.72. The zero-order valence-corrected chi connectivity index (χ0v) is 14.7. The highest BCUT2D eigenvalue weighted by molar-refractivity contribution is 7.99. The van der Waals surface area contributed by atoms with Crippen LogP contribution >= 0.6 is 11.8 Å². The van der Waals surface area contributed by atoms with E-state index < -0.39 is 34.1 Å². The van der Waals surface area contributed by atoms with Gasteiger partial charge in [0.05, 0.1) is 28.8 Å². The zero-order chi connectivity index (χ0) is 19.6. The van der Waals surface area contributed by atoms with E-state index in [1.807, 2.05) is 0 Å². The maximum atomic E-state index is 13.7. The monoisotopic (exact) mass is 394 g/mol. The van der Waals surface area contributed by atoms with Gasteiger partial charge in [-0.05, 0) is 12.1 Å². The van der Waals surface area contributed by atoms with Crippen molar-refractivity contribution in [2.45, 2.75) is 4.90 Å². The second-order valence-electron chi connectivity index (χ2n) is 5.40. The van der Waals surface area contributed by atoms with Crippen LogP contribution in [0.4, 0.5) is 13.2 Å². The Morgan fingerprint density at radius 1 is 1.22 bits per heavy atom. The molecule has 0 atom stereocenters. The van der Waals surface area contributed by atoms with Crippen LogP contribution in [-0.2, 0) is 9.53 Å². The van der Waals surface area contributed by atoms with Crippen molar-refractivity contribution >= 4 is 34.3 Å². The fourth-order valence-electron chi connectivity index (χ4n) is 2.40. The van der Waals surface area contributed by atoms with Gasteiger partial charge in [-0.2, -0.15) is 0 Å². The Morgan fingerprint density at radius 3 is 2.52 bits per heavy atom. The van der Waals surface area contributed by atoms with Crippen LogP contribution in [0.25, 0.3) is 16.6 Å². The van der Waals surface area contributed by atoms with Crippen LogP contribution in [0.5, 0.6) is 0 Å². The van der Waals surface area contributed by atoms with E-state index in [0.717, 1.165) is 7.11 Å². The molecule has 3 aromatic rings. The van der Waals surface area contributed by atoms with Gasteiger partial charge >= 0.3 is 5.97 Å². The number of hydrogen-bond acceptors (Lipinski definition) is 5. The fraction of sp³-hybridized carbons (Fsp3) is 0.111. The van der Waals surface area contributed by atoms with E-state index in [1.54, 1.807) is 24.3 Å². The van der Waals surface area contributed by atoms with Crippen molar-refractivity contribution in [1.82, 2.24) is 9.97 Å². The van der Waals surface area contributed by atoms with Crippen molar-refractivity contribution in [3.05, 3.63) is 65.4 Å². The highest BCUT2D eigenvalue weighted by Crippen LogP contribution is 2.29. The molecule has 5 nitrogen and oxygen atoms in total. The molecule has 0 saturated heterocycles. The molecule has 2 aromatic carbocycles. The van der Waals surface area contributed by atoms with E-state index in [1.165, 1.54) is 0 Å².